The number of rotatable bonds is 14. The van der Waals surface area contributed by atoms with Crippen molar-refractivity contribution in [2.24, 2.45) is 0 Å². The third-order valence-electron chi connectivity index (χ3n) is 3.23. The molecule has 0 fully saturated rings. The Hall–Kier alpha value is -1.10. The molecule has 0 N–H and O–H groups in total. The first-order valence-corrected chi connectivity index (χ1v) is 7.78. The van der Waals surface area contributed by atoms with Crippen molar-refractivity contribution < 1.29 is 9.47 Å². The number of hydrogen-bond donors (Lipinski definition) is 0. The minimum Gasteiger partial charge on any atom is -0.364 e. The molecule has 0 radical (unpaired) electrons. The van der Waals surface area contributed by atoms with Gasteiger partial charge in [-0.2, -0.15) is 10.5 Å². The van der Waals surface area contributed by atoms with E-state index in [0.717, 1.165) is 12.8 Å². The van der Waals surface area contributed by atoms with Crippen molar-refractivity contribution in [1.82, 2.24) is 0 Å². The number of unbranched alkanes of at least 4 members (excludes halogenated alkanes) is 7. The molecule has 0 spiro atoms. The topological polar surface area (TPSA) is 66.0 Å². The summed E-state index contributed by atoms with van der Waals surface area (Å²) < 4.78 is 10.6. The molecule has 20 heavy (non-hydrogen) atoms. The quantitative estimate of drug-likeness (QED) is 0.452. The summed E-state index contributed by atoms with van der Waals surface area (Å²) in [5, 5.41) is 17.0. The molecule has 0 rings (SSSR count). The van der Waals surface area contributed by atoms with Crippen molar-refractivity contribution in [2.75, 3.05) is 19.8 Å². The van der Waals surface area contributed by atoms with Crippen molar-refractivity contribution in [1.29, 1.82) is 10.5 Å². The van der Waals surface area contributed by atoms with E-state index in [9.17, 15) is 0 Å². The molecule has 0 bridgehead atoms. The van der Waals surface area contributed by atoms with Gasteiger partial charge in [0.05, 0.1) is 24.8 Å². The lowest BCUT2D eigenvalue weighted by Gasteiger charge is -2.15. The predicted octanol–water partition coefficient (Wildman–Crippen LogP) is 3.97. The van der Waals surface area contributed by atoms with E-state index in [1.165, 1.54) is 44.9 Å². The molecule has 4 nitrogen and oxygen atoms in total. The van der Waals surface area contributed by atoms with Gasteiger partial charge in [0.25, 0.3) is 0 Å². The van der Waals surface area contributed by atoms with Gasteiger partial charge in [0.1, 0.15) is 13.2 Å². The highest BCUT2D eigenvalue weighted by molar-refractivity contribution is 4.71. The molecule has 1 atom stereocenters. The maximum Gasteiger partial charge on any atom is 0.134 e. The second kappa shape index (κ2) is 16.0. The lowest BCUT2D eigenvalue weighted by Crippen LogP contribution is -2.20. The van der Waals surface area contributed by atoms with E-state index < -0.39 is 0 Å². The zero-order chi connectivity index (χ0) is 14.9. The van der Waals surface area contributed by atoms with Crippen LogP contribution < -0.4 is 0 Å². The summed E-state index contributed by atoms with van der Waals surface area (Å²) in [6.07, 6.45) is 11.1. The van der Waals surface area contributed by atoms with Crippen LogP contribution in [0.5, 0.6) is 0 Å². The van der Waals surface area contributed by atoms with E-state index in [0.29, 0.717) is 6.61 Å². The molecule has 0 saturated heterocycles. The van der Waals surface area contributed by atoms with Crippen LogP contribution in [0.4, 0.5) is 0 Å². The van der Waals surface area contributed by atoms with E-state index in [1.807, 2.05) is 12.1 Å². The number of nitrogens with zero attached hydrogens (tertiary/aromatic N) is 2. The van der Waals surface area contributed by atoms with Crippen LogP contribution in [0.2, 0.25) is 0 Å². The zero-order valence-corrected chi connectivity index (χ0v) is 12.8. The fourth-order valence-electron chi connectivity index (χ4n) is 2.11. The van der Waals surface area contributed by atoms with Crippen LogP contribution in [0.25, 0.3) is 0 Å². The van der Waals surface area contributed by atoms with E-state index in [2.05, 4.69) is 6.92 Å². The van der Waals surface area contributed by atoms with Crippen LogP contribution in [0, 0.1) is 22.7 Å². The summed E-state index contributed by atoms with van der Waals surface area (Å²) in [6.45, 7) is 2.82. The van der Waals surface area contributed by atoms with Crippen molar-refractivity contribution in [3.05, 3.63) is 0 Å². The summed E-state index contributed by atoms with van der Waals surface area (Å²) in [7, 11) is 0. The summed E-state index contributed by atoms with van der Waals surface area (Å²) in [4.78, 5) is 0. The van der Waals surface area contributed by atoms with Gasteiger partial charge in [-0.3, -0.25) is 0 Å². The molecule has 0 aliphatic heterocycles. The second-order valence-electron chi connectivity index (χ2n) is 5.03. The summed E-state index contributed by atoms with van der Waals surface area (Å²) in [5.74, 6) is 0. The predicted molar refractivity (Wildman–Crippen MR) is 79.0 cm³/mol. The van der Waals surface area contributed by atoms with Gasteiger partial charge in [-0.15, -0.1) is 0 Å². The Morgan fingerprint density at radius 2 is 1.45 bits per heavy atom. The summed E-state index contributed by atoms with van der Waals surface area (Å²) in [5.41, 5.74) is 0. The lowest BCUT2D eigenvalue weighted by molar-refractivity contribution is -0.00102. The highest BCUT2D eigenvalue weighted by atomic mass is 16.5. The van der Waals surface area contributed by atoms with E-state index in [4.69, 9.17) is 20.0 Å². The first kappa shape index (κ1) is 18.9. The first-order valence-electron chi connectivity index (χ1n) is 7.78. The van der Waals surface area contributed by atoms with Gasteiger partial charge >= 0.3 is 0 Å². The molecular formula is C16H28N2O2. The van der Waals surface area contributed by atoms with Crippen molar-refractivity contribution in [3.8, 4) is 12.1 Å². The molecule has 0 amide bonds. The Morgan fingerprint density at radius 1 is 0.850 bits per heavy atom. The molecule has 0 aliphatic carbocycles. The fourth-order valence-corrected chi connectivity index (χ4v) is 2.11. The summed E-state index contributed by atoms with van der Waals surface area (Å²) >= 11 is 0. The molecule has 0 aromatic carbocycles. The Labute approximate surface area is 123 Å². The normalized spacial score (nSPS) is 11.8. The Morgan fingerprint density at radius 3 is 2.05 bits per heavy atom. The van der Waals surface area contributed by atoms with Crippen molar-refractivity contribution in [2.45, 2.75) is 70.8 Å². The van der Waals surface area contributed by atoms with Crippen LogP contribution in [0.3, 0.4) is 0 Å². The number of hydrogen-bond acceptors (Lipinski definition) is 4. The van der Waals surface area contributed by atoms with Gasteiger partial charge in [0, 0.05) is 0 Å². The van der Waals surface area contributed by atoms with Gasteiger partial charge in [-0.1, -0.05) is 58.3 Å². The molecule has 1 unspecified atom stereocenters. The highest BCUT2D eigenvalue weighted by Crippen LogP contribution is 2.12. The average Bonchev–Trinajstić information content (AvgIpc) is 2.47. The fraction of sp³-hybridized carbons (Fsp3) is 0.875. The number of nitriles is 2. The molecule has 0 heterocycles. The van der Waals surface area contributed by atoms with Gasteiger partial charge in [0.15, 0.2) is 0 Å². The maximum absolute atomic E-state index is 8.53. The van der Waals surface area contributed by atoms with Gasteiger partial charge in [0.2, 0.25) is 0 Å². The third kappa shape index (κ3) is 13.3. The molecule has 0 aliphatic rings. The van der Waals surface area contributed by atoms with Crippen LogP contribution in [0.1, 0.15) is 64.7 Å². The third-order valence-corrected chi connectivity index (χ3v) is 3.23. The Kier molecular flexibility index (Phi) is 15.1. The molecular weight excluding hydrogens is 252 g/mol. The Balaban J connectivity index is 3.52. The van der Waals surface area contributed by atoms with Gasteiger partial charge in [-0.25, -0.2) is 0 Å². The minimum absolute atomic E-state index is 0.0527. The van der Waals surface area contributed by atoms with Crippen LogP contribution >= 0.6 is 0 Å². The summed E-state index contributed by atoms with van der Waals surface area (Å²) in [6, 6.07) is 3.91. The van der Waals surface area contributed by atoms with Crippen LogP contribution in [-0.2, 0) is 9.47 Å². The highest BCUT2D eigenvalue weighted by Gasteiger charge is 2.09. The monoisotopic (exact) mass is 280 g/mol. The van der Waals surface area contributed by atoms with Crippen molar-refractivity contribution in [3.63, 3.8) is 0 Å². The average molecular weight is 280 g/mol. The lowest BCUT2D eigenvalue weighted by atomic mass is 10.1. The molecule has 4 heteroatoms. The van der Waals surface area contributed by atoms with E-state index in [-0.39, 0.29) is 19.3 Å². The van der Waals surface area contributed by atoms with Gasteiger partial charge < -0.3 is 9.47 Å². The largest absolute Gasteiger partial charge is 0.364 e. The number of ether oxygens (including phenoxy) is 2. The second-order valence-corrected chi connectivity index (χ2v) is 5.03. The molecule has 0 aromatic heterocycles. The van der Waals surface area contributed by atoms with Crippen LogP contribution in [-0.4, -0.2) is 25.9 Å². The first-order chi connectivity index (χ1) is 9.85. The standard InChI is InChI=1S/C16H28N2O2/c1-2-3-4-5-6-7-8-9-10-16(20-14-12-18)15-19-13-11-17/h16H,2-10,13-15H2,1H3. The smallest absolute Gasteiger partial charge is 0.134 e. The zero-order valence-electron chi connectivity index (χ0n) is 12.8. The molecule has 114 valence electrons. The van der Waals surface area contributed by atoms with Crippen molar-refractivity contribution >= 4 is 0 Å². The minimum atomic E-state index is -0.0527. The molecule has 0 aromatic rings. The SMILES string of the molecule is CCCCCCCCCCC(COCC#N)OCC#N. The molecule has 0 saturated carbocycles. The van der Waals surface area contributed by atoms with E-state index in [1.54, 1.807) is 0 Å². The van der Waals surface area contributed by atoms with E-state index >= 15 is 0 Å². The maximum atomic E-state index is 8.53. The van der Waals surface area contributed by atoms with Gasteiger partial charge in [-0.05, 0) is 6.42 Å². The van der Waals surface area contributed by atoms with Crippen LogP contribution in [0.15, 0.2) is 0 Å². The Bertz CT molecular complexity index is 281.